The van der Waals surface area contributed by atoms with Gasteiger partial charge < -0.3 is 0 Å². The zero-order valence-electron chi connectivity index (χ0n) is 13.8. The molecule has 0 bridgehead atoms. The van der Waals surface area contributed by atoms with Gasteiger partial charge in [0.1, 0.15) is 0 Å². The van der Waals surface area contributed by atoms with Crippen molar-refractivity contribution in [3.63, 3.8) is 0 Å². The fourth-order valence-corrected chi connectivity index (χ4v) is 4.63. The Hall–Kier alpha value is -1.16. The standard InChI is InChI=1S/C15H18FGeN/c1-11-9-15(12-5-7-13(16)8-6-12)18-10-14(11)17(2,3)4/h5-10H,1-4H3/i1D3. The number of aryl methyl sites for hydroxylation is 1. The molecule has 3 heteroatoms. The van der Waals surface area contributed by atoms with Crippen molar-refractivity contribution in [1.82, 2.24) is 4.98 Å². The molecule has 0 saturated heterocycles. The molecule has 0 N–H and O–H groups in total. The van der Waals surface area contributed by atoms with E-state index in [2.05, 4.69) is 22.3 Å². The van der Waals surface area contributed by atoms with E-state index in [0.29, 0.717) is 11.3 Å². The molecule has 0 amide bonds. The first-order chi connectivity index (χ1) is 9.59. The first kappa shape index (κ1) is 9.73. The van der Waals surface area contributed by atoms with Gasteiger partial charge in [-0.1, -0.05) is 0 Å². The molecule has 0 atom stereocenters. The second-order valence-electron chi connectivity index (χ2n) is 5.37. The third-order valence-electron chi connectivity index (χ3n) is 2.85. The van der Waals surface area contributed by atoms with E-state index in [-0.39, 0.29) is 5.82 Å². The molecule has 0 aliphatic heterocycles. The van der Waals surface area contributed by atoms with E-state index in [1.165, 1.54) is 12.1 Å². The average molecular weight is 307 g/mol. The maximum atomic E-state index is 13.0. The third kappa shape index (κ3) is 2.81. The Balaban J connectivity index is 2.60. The summed E-state index contributed by atoms with van der Waals surface area (Å²) in [5.41, 5.74) is 1.66. The molecule has 18 heavy (non-hydrogen) atoms. The average Bonchev–Trinajstić information content (AvgIpc) is 2.37. The van der Waals surface area contributed by atoms with Gasteiger partial charge in [-0.25, -0.2) is 0 Å². The van der Waals surface area contributed by atoms with Crippen LogP contribution in [0.1, 0.15) is 9.68 Å². The molecule has 1 aromatic carbocycles. The van der Waals surface area contributed by atoms with Crippen LogP contribution in [0.2, 0.25) is 17.3 Å². The summed E-state index contributed by atoms with van der Waals surface area (Å²) in [5.74, 6) is 6.10. The summed E-state index contributed by atoms with van der Waals surface area (Å²) >= 11 is -2.33. The summed E-state index contributed by atoms with van der Waals surface area (Å²) in [7, 11) is 0. The Morgan fingerprint density at radius 1 is 1.17 bits per heavy atom. The number of pyridine rings is 1. The Bertz CT molecular complexity index is 645. The van der Waals surface area contributed by atoms with E-state index in [0.717, 1.165) is 9.96 Å². The second-order valence-corrected chi connectivity index (χ2v) is 15.9. The Labute approximate surface area is 115 Å². The molecular weight excluding hydrogens is 286 g/mol. The maximum absolute atomic E-state index is 13.0. The zero-order valence-corrected chi connectivity index (χ0v) is 12.9. The predicted molar refractivity (Wildman–Crippen MR) is 77.3 cm³/mol. The fourth-order valence-electron chi connectivity index (χ4n) is 1.83. The number of benzene rings is 1. The van der Waals surface area contributed by atoms with Crippen LogP contribution in [0.25, 0.3) is 11.3 Å². The van der Waals surface area contributed by atoms with Crippen molar-refractivity contribution in [2.75, 3.05) is 0 Å². The summed E-state index contributed by atoms with van der Waals surface area (Å²) in [4.78, 5) is 4.39. The monoisotopic (exact) mass is 308 g/mol. The summed E-state index contributed by atoms with van der Waals surface area (Å²) < 4.78 is 37.2. The van der Waals surface area contributed by atoms with Crippen LogP contribution in [0.4, 0.5) is 4.39 Å². The van der Waals surface area contributed by atoms with Crippen LogP contribution < -0.4 is 4.40 Å². The normalized spacial score (nSPS) is 14.8. The van der Waals surface area contributed by atoms with E-state index in [9.17, 15) is 4.39 Å². The molecule has 1 nitrogen and oxygen atoms in total. The SMILES string of the molecule is [2H]C([2H])([2H])c1cc(-c2ccc(F)cc2)nc[c]1[Ge]([CH3])([CH3])[CH3]. The number of hydrogen-bond acceptors (Lipinski definition) is 1. The van der Waals surface area contributed by atoms with Crippen molar-refractivity contribution in [1.29, 1.82) is 0 Å². The van der Waals surface area contributed by atoms with Gasteiger partial charge >= 0.3 is 114 Å². The van der Waals surface area contributed by atoms with E-state index < -0.39 is 20.1 Å². The number of halogens is 1. The number of nitrogens with zero attached hydrogens (tertiary/aromatic N) is 1. The Kier molecular flexibility index (Phi) is 2.62. The molecule has 2 aromatic rings. The zero-order chi connectivity index (χ0) is 15.8. The third-order valence-corrected chi connectivity index (χ3v) is 7.08. The van der Waals surface area contributed by atoms with Crippen molar-refractivity contribution in [2.24, 2.45) is 0 Å². The van der Waals surface area contributed by atoms with Gasteiger partial charge in [0.15, 0.2) is 0 Å². The van der Waals surface area contributed by atoms with Gasteiger partial charge in [-0.3, -0.25) is 0 Å². The van der Waals surface area contributed by atoms with Crippen molar-refractivity contribution < 1.29 is 8.50 Å². The van der Waals surface area contributed by atoms with Gasteiger partial charge in [0.2, 0.25) is 0 Å². The molecule has 0 unspecified atom stereocenters. The molecule has 0 aliphatic carbocycles. The van der Waals surface area contributed by atoms with Crippen molar-refractivity contribution in [3.05, 3.63) is 47.9 Å². The Morgan fingerprint density at radius 2 is 1.83 bits per heavy atom. The van der Waals surface area contributed by atoms with Crippen molar-refractivity contribution in [3.8, 4) is 11.3 Å². The van der Waals surface area contributed by atoms with Gasteiger partial charge in [-0.15, -0.1) is 0 Å². The summed E-state index contributed by atoms with van der Waals surface area (Å²) in [5, 5.41) is 0. The quantitative estimate of drug-likeness (QED) is 0.770. The van der Waals surface area contributed by atoms with E-state index >= 15 is 0 Å². The fraction of sp³-hybridized carbons (Fsp3) is 0.267. The molecule has 0 aliphatic rings. The van der Waals surface area contributed by atoms with Gasteiger partial charge in [0.25, 0.3) is 0 Å². The van der Waals surface area contributed by atoms with Crippen molar-refractivity contribution >= 4 is 17.7 Å². The van der Waals surface area contributed by atoms with E-state index in [1.54, 1.807) is 24.4 Å². The van der Waals surface area contributed by atoms with Crippen LogP contribution in [-0.4, -0.2) is 18.3 Å². The van der Waals surface area contributed by atoms with Crippen LogP contribution in [0.3, 0.4) is 0 Å². The molecule has 0 radical (unpaired) electrons. The van der Waals surface area contributed by atoms with Crippen LogP contribution >= 0.6 is 0 Å². The molecule has 1 aromatic heterocycles. The molecule has 0 saturated carbocycles. The van der Waals surface area contributed by atoms with E-state index in [1.807, 2.05) is 0 Å². The van der Waals surface area contributed by atoms with Crippen LogP contribution in [0, 0.1) is 12.7 Å². The van der Waals surface area contributed by atoms with Crippen LogP contribution in [0.5, 0.6) is 0 Å². The number of aromatic nitrogens is 1. The molecule has 0 fully saturated rings. The Morgan fingerprint density at radius 3 is 2.39 bits per heavy atom. The minimum atomic E-state index is -2.33. The van der Waals surface area contributed by atoms with E-state index in [4.69, 9.17) is 4.11 Å². The predicted octanol–water partition coefficient (Wildman–Crippen LogP) is 3.74. The topological polar surface area (TPSA) is 12.9 Å². The first-order valence-electron chi connectivity index (χ1n) is 7.36. The van der Waals surface area contributed by atoms with Gasteiger partial charge in [0.05, 0.1) is 0 Å². The second kappa shape index (κ2) is 4.84. The molecule has 2 rings (SSSR count). The molecule has 1 heterocycles. The molecule has 0 spiro atoms. The number of hydrogen-bond donors (Lipinski definition) is 0. The van der Waals surface area contributed by atoms with Crippen molar-refractivity contribution in [2.45, 2.75) is 24.1 Å². The number of rotatable bonds is 2. The van der Waals surface area contributed by atoms with Crippen LogP contribution in [0.15, 0.2) is 36.5 Å². The van der Waals surface area contributed by atoms with Gasteiger partial charge in [-0.05, 0) is 0 Å². The summed E-state index contributed by atoms with van der Waals surface area (Å²) in [6, 6.07) is 7.55. The van der Waals surface area contributed by atoms with Crippen LogP contribution in [-0.2, 0) is 0 Å². The molecule has 94 valence electrons. The summed E-state index contributed by atoms with van der Waals surface area (Å²) in [6.07, 6.45) is 1.69. The first-order valence-corrected chi connectivity index (χ1v) is 13.2. The van der Waals surface area contributed by atoms with Gasteiger partial charge in [-0.2, -0.15) is 0 Å². The summed E-state index contributed by atoms with van der Waals surface area (Å²) in [6.45, 7) is -2.16. The molecular formula is C15H18FGeN. The minimum absolute atomic E-state index is 0.323. The van der Waals surface area contributed by atoms with Gasteiger partial charge in [0, 0.05) is 0 Å².